The number of aliphatic hydroxyl groups is 1. The van der Waals surface area contributed by atoms with Crippen molar-refractivity contribution in [3.8, 4) is 0 Å². The number of carbonyl (C=O) groups excluding carboxylic acids is 1. The molecule has 1 amide bonds. The predicted molar refractivity (Wildman–Crippen MR) is 75.9 cm³/mol. The fourth-order valence-electron chi connectivity index (χ4n) is 3.56. The van der Waals surface area contributed by atoms with Crippen LogP contribution in [0.15, 0.2) is 0 Å². The van der Waals surface area contributed by atoms with E-state index in [-0.39, 0.29) is 5.91 Å². The molecule has 0 aromatic heterocycles. The van der Waals surface area contributed by atoms with Crippen molar-refractivity contribution in [2.24, 2.45) is 0 Å². The third kappa shape index (κ3) is 3.48. The van der Waals surface area contributed by atoms with Gasteiger partial charge in [0, 0.05) is 25.7 Å². The summed E-state index contributed by atoms with van der Waals surface area (Å²) in [6, 6.07) is 0.442. The molecule has 1 N–H and O–H groups in total. The number of piperidine rings is 1. The lowest BCUT2D eigenvalue weighted by molar-refractivity contribution is -0.145. The van der Waals surface area contributed by atoms with Gasteiger partial charge in [0.05, 0.1) is 12.1 Å². The van der Waals surface area contributed by atoms with Crippen molar-refractivity contribution in [1.82, 2.24) is 9.80 Å². The molecule has 1 unspecified atom stereocenters. The summed E-state index contributed by atoms with van der Waals surface area (Å²) in [5, 5.41) is 10.1. The summed E-state index contributed by atoms with van der Waals surface area (Å²) in [5.74, 6) is 0.255. The fourth-order valence-corrected chi connectivity index (χ4v) is 3.56. The summed E-state index contributed by atoms with van der Waals surface area (Å²) in [4.78, 5) is 16.5. The van der Waals surface area contributed by atoms with Crippen LogP contribution in [0.25, 0.3) is 0 Å². The summed E-state index contributed by atoms with van der Waals surface area (Å²) < 4.78 is 0. The van der Waals surface area contributed by atoms with Crippen LogP contribution in [-0.2, 0) is 4.79 Å². The Morgan fingerprint density at radius 2 is 2.05 bits per heavy atom. The fraction of sp³-hybridized carbons (Fsp3) is 0.933. The summed E-state index contributed by atoms with van der Waals surface area (Å²) >= 11 is 0. The maximum Gasteiger partial charge on any atom is 0.237 e. The van der Waals surface area contributed by atoms with Crippen LogP contribution in [0.3, 0.4) is 0 Å². The second kappa shape index (κ2) is 6.23. The van der Waals surface area contributed by atoms with Crippen molar-refractivity contribution >= 4 is 5.91 Å². The van der Waals surface area contributed by atoms with Crippen LogP contribution in [0.5, 0.6) is 0 Å². The van der Waals surface area contributed by atoms with Gasteiger partial charge in [0.15, 0.2) is 0 Å². The lowest BCUT2D eigenvalue weighted by Gasteiger charge is -2.47. The topological polar surface area (TPSA) is 43.8 Å². The number of likely N-dealkylation sites (tertiary alicyclic amines) is 2. The van der Waals surface area contributed by atoms with Crippen LogP contribution < -0.4 is 0 Å². The molecule has 0 aromatic rings. The Labute approximate surface area is 116 Å². The molecule has 2 fully saturated rings. The average molecular weight is 268 g/mol. The van der Waals surface area contributed by atoms with Crippen LogP contribution in [0.1, 0.15) is 52.4 Å². The Balaban J connectivity index is 1.79. The molecule has 0 spiro atoms. The van der Waals surface area contributed by atoms with Gasteiger partial charge >= 0.3 is 0 Å². The van der Waals surface area contributed by atoms with Gasteiger partial charge in [-0.2, -0.15) is 0 Å². The maximum atomic E-state index is 12.3. The molecule has 2 rings (SSSR count). The number of amides is 1. The highest BCUT2D eigenvalue weighted by molar-refractivity contribution is 5.78. The summed E-state index contributed by atoms with van der Waals surface area (Å²) in [7, 11) is 0. The minimum Gasteiger partial charge on any atom is -0.387 e. The zero-order valence-corrected chi connectivity index (χ0v) is 12.4. The Morgan fingerprint density at radius 1 is 1.32 bits per heavy atom. The lowest BCUT2D eigenvalue weighted by atomic mass is 9.89. The molecular formula is C15H28N2O2. The Morgan fingerprint density at radius 3 is 2.68 bits per heavy atom. The van der Waals surface area contributed by atoms with E-state index < -0.39 is 5.60 Å². The van der Waals surface area contributed by atoms with Gasteiger partial charge in [-0.05, 0) is 32.1 Å². The van der Waals surface area contributed by atoms with E-state index in [1.807, 2.05) is 0 Å². The molecule has 0 saturated carbocycles. The van der Waals surface area contributed by atoms with Crippen LogP contribution in [0, 0.1) is 0 Å². The molecular weight excluding hydrogens is 240 g/mol. The van der Waals surface area contributed by atoms with E-state index in [9.17, 15) is 9.90 Å². The first-order valence-electron chi connectivity index (χ1n) is 7.82. The number of hydrogen-bond acceptors (Lipinski definition) is 3. The Kier molecular flexibility index (Phi) is 4.85. The minimum absolute atomic E-state index is 0.255. The lowest BCUT2D eigenvalue weighted by Crippen LogP contribution is -2.63. The highest BCUT2D eigenvalue weighted by Crippen LogP contribution is 2.26. The number of carbonyl (C=O) groups is 1. The van der Waals surface area contributed by atoms with E-state index in [1.54, 1.807) is 0 Å². The van der Waals surface area contributed by atoms with Crippen LogP contribution in [-0.4, -0.2) is 58.6 Å². The number of β-amino-alcohol motifs (C(OH)–C–C–N with tert-alkyl or cyclic N) is 1. The molecule has 2 saturated heterocycles. The zero-order valence-electron chi connectivity index (χ0n) is 12.4. The van der Waals surface area contributed by atoms with Gasteiger partial charge in [0.2, 0.25) is 5.91 Å². The van der Waals surface area contributed by atoms with Gasteiger partial charge in [-0.25, -0.2) is 0 Å². The van der Waals surface area contributed by atoms with E-state index in [0.717, 1.165) is 38.6 Å². The molecule has 0 aromatic carbocycles. The average Bonchev–Trinajstić information content (AvgIpc) is 2.37. The summed E-state index contributed by atoms with van der Waals surface area (Å²) in [6.45, 7) is 6.99. The Bertz CT molecular complexity index is 313. The van der Waals surface area contributed by atoms with Gasteiger partial charge in [-0.15, -0.1) is 0 Å². The van der Waals surface area contributed by atoms with Gasteiger partial charge in [0.25, 0.3) is 0 Å². The number of hydrogen-bond donors (Lipinski definition) is 1. The highest BCUT2D eigenvalue weighted by atomic mass is 16.3. The number of rotatable bonds is 5. The molecule has 2 heterocycles. The molecule has 19 heavy (non-hydrogen) atoms. The van der Waals surface area contributed by atoms with E-state index in [0.29, 0.717) is 25.7 Å². The first-order chi connectivity index (χ1) is 9.08. The van der Waals surface area contributed by atoms with Crippen molar-refractivity contribution < 1.29 is 9.90 Å². The first-order valence-corrected chi connectivity index (χ1v) is 7.82. The van der Waals surface area contributed by atoms with Crippen molar-refractivity contribution in [2.75, 3.05) is 26.2 Å². The van der Waals surface area contributed by atoms with Crippen LogP contribution in [0.4, 0.5) is 0 Å². The van der Waals surface area contributed by atoms with E-state index in [2.05, 4.69) is 23.6 Å². The molecule has 2 aliphatic heterocycles. The van der Waals surface area contributed by atoms with Crippen LogP contribution >= 0.6 is 0 Å². The van der Waals surface area contributed by atoms with Crippen molar-refractivity contribution in [3.63, 3.8) is 0 Å². The van der Waals surface area contributed by atoms with Gasteiger partial charge in [-0.1, -0.05) is 20.3 Å². The molecule has 1 atom stereocenters. The third-order valence-corrected chi connectivity index (χ3v) is 4.53. The van der Waals surface area contributed by atoms with Crippen LogP contribution in [0.2, 0.25) is 0 Å². The largest absolute Gasteiger partial charge is 0.387 e. The zero-order chi connectivity index (χ0) is 13.9. The van der Waals surface area contributed by atoms with Crippen molar-refractivity contribution in [1.29, 1.82) is 0 Å². The monoisotopic (exact) mass is 268 g/mol. The van der Waals surface area contributed by atoms with E-state index in [4.69, 9.17) is 0 Å². The molecule has 0 aliphatic carbocycles. The van der Waals surface area contributed by atoms with Crippen molar-refractivity contribution in [3.05, 3.63) is 0 Å². The van der Waals surface area contributed by atoms with Crippen molar-refractivity contribution in [2.45, 2.75) is 64.0 Å². The third-order valence-electron chi connectivity index (χ3n) is 4.53. The van der Waals surface area contributed by atoms with Gasteiger partial charge in [-0.3, -0.25) is 9.69 Å². The summed E-state index contributed by atoms with van der Waals surface area (Å²) in [6.07, 6.45) is 6.46. The maximum absolute atomic E-state index is 12.3. The normalized spacial score (nSPS) is 27.1. The van der Waals surface area contributed by atoms with Gasteiger partial charge in [0.1, 0.15) is 0 Å². The van der Waals surface area contributed by atoms with E-state index in [1.165, 1.54) is 6.42 Å². The minimum atomic E-state index is -0.527. The molecule has 0 bridgehead atoms. The SMILES string of the molecule is CCCC1(O)CN(CC(=O)N2CCCCC2CC)C1. The van der Waals surface area contributed by atoms with Gasteiger partial charge < -0.3 is 10.0 Å². The Hall–Kier alpha value is -0.610. The number of nitrogens with zero attached hydrogens (tertiary/aromatic N) is 2. The predicted octanol–water partition coefficient (Wildman–Crippen LogP) is 1.62. The molecule has 4 heteroatoms. The van der Waals surface area contributed by atoms with E-state index >= 15 is 0 Å². The summed E-state index contributed by atoms with van der Waals surface area (Å²) in [5.41, 5.74) is -0.527. The quantitative estimate of drug-likeness (QED) is 0.824. The molecule has 110 valence electrons. The smallest absolute Gasteiger partial charge is 0.237 e. The molecule has 0 radical (unpaired) electrons. The highest BCUT2D eigenvalue weighted by Gasteiger charge is 2.41. The molecule has 2 aliphatic rings. The standard InChI is InChI=1S/C15H28N2O2/c1-3-8-15(19)11-16(12-15)10-14(18)17-9-6-5-7-13(17)4-2/h13,19H,3-12H2,1-2H3. The molecule has 4 nitrogen and oxygen atoms in total. The first kappa shape index (κ1) is 14.8. The second-order valence-electron chi connectivity index (χ2n) is 6.26. The second-order valence-corrected chi connectivity index (χ2v) is 6.26.